The standard InChI is InChI=1S/C13H17N5O2/c1-4-13(5-2,19-6-3)12-16-11(20-18-12)9-8-15-17-10(9)7-14/h8H,4-6H2,1-3H3,(H,15,17). The molecule has 0 amide bonds. The van der Waals surface area contributed by atoms with Gasteiger partial charge in [-0.05, 0) is 19.8 Å². The first kappa shape index (κ1) is 14.2. The topological polar surface area (TPSA) is 101 Å². The summed E-state index contributed by atoms with van der Waals surface area (Å²) < 4.78 is 11.1. The van der Waals surface area contributed by atoms with E-state index in [1.165, 1.54) is 6.20 Å². The Labute approximate surface area is 116 Å². The van der Waals surface area contributed by atoms with Crippen molar-refractivity contribution in [3.8, 4) is 17.5 Å². The lowest BCUT2D eigenvalue weighted by atomic mass is 9.96. The molecule has 0 saturated carbocycles. The molecule has 0 aliphatic heterocycles. The third-order valence-corrected chi connectivity index (χ3v) is 3.38. The van der Waals surface area contributed by atoms with Crippen molar-refractivity contribution in [3.05, 3.63) is 17.7 Å². The zero-order chi connectivity index (χ0) is 14.6. The summed E-state index contributed by atoms with van der Waals surface area (Å²) in [6.45, 7) is 6.55. The minimum absolute atomic E-state index is 0.274. The quantitative estimate of drug-likeness (QED) is 0.868. The fraction of sp³-hybridized carbons (Fsp3) is 0.538. The van der Waals surface area contributed by atoms with E-state index in [0.29, 0.717) is 23.7 Å². The van der Waals surface area contributed by atoms with E-state index in [-0.39, 0.29) is 5.89 Å². The van der Waals surface area contributed by atoms with Gasteiger partial charge in [0.05, 0.1) is 11.8 Å². The van der Waals surface area contributed by atoms with E-state index in [2.05, 4.69) is 20.3 Å². The lowest BCUT2D eigenvalue weighted by Crippen LogP contribution is -2.29. The molecule has 0 atom stereocenters. The van der Waals surface area contributed by atoms with Crippen molar-refractivity contribution in [1.82, 2.24) is 20.3 Å². The Morgan fingerprint density at radius 2 is 2.15 bits per heavy atom. The van der Waals surface area contributed by atoms with E-state index in [1.54, 1.807) is 0 Å². The molecular formula is C13H17N5O2. The first-order valence-corrected chi connectivity index (χ1v) is 6.62. The smallest absolute Gasteiger partial charge is 0.262 e. The molecule has 0 spiro atoms. The van der Waals surface area contributed by atoms with Gasteiger partial charge in [-0.2, -0.15) is 15.3 Å². The molecule has 2 aromatic rings. The summed E-state index contributed by atoms with van der Waals surface area (Å²) in [5, 5.41) is 19.4. The summed E-state index contributed by atoms with van der Waals surface area (Å²) in [5.74, 6) is 0.778. The molecule has 2 aromatic heterocycles. The summed E-state index contributed by atoms with van der Waals surface area (Å²) in [4.78, 5) is 4.38. The van der Waals surface area contributed by atoms with Crippen molar-refractivity contribution in [1.29, 1.82) is 5.26 Å². The highest BCUT2D eigenvalue weighted by Crippen LogP contribution is 2.32. The number of aromatic nitrogens is 4. The van der Waals surface area contributed by atoms with Crippen LogP contribution in [-0.4, -0.2) is 26.9 Å². The Morgan fingerprint density at radius 3 is 2.75 bits per heavy atom. The normalized spacial score (nSPS) is 11.5. The van der Waals surface area contributed by atoms with Gasteiger partial charge in [0.15, 0.2) is 0 Å². The average molecular weight is 275 g/mol. The van der Waals surface area contributed by atoms with Gasteiger partial charge in [0, 0.05) is 6.61 Å². The van der Waals surface area contributed by atoms with Gasteiger partial charge in [0.2, 0.25) is 5.82 Å². The second-order valence-corrected chi connectivity index (χ2v) is 4.33. The number of H-pyrrole nitrogens is 1. The largest absolute Gasteiger partial charge is 0.367 e. The molecule has 0 saturated heterocycles. The van der Waals surface area contributed by atoms with Crippen LogP contribution in [0.1, 0.15) is 45.1 Å². The van der Waals surface area contributed by atoms with Crippen LogP contribution in [0.5, 0.6) is 0 Å². The van der Waals surface area contributed by atoms with Crippen LogP contribution >= 0.6 is 0 Å². The molecule has 0 aliphatic rings. The van der Waals surface area contributed by atoms with Crippen LogP contribution in [0.4, 0.5) is 0 Å². The minimum atomic E-state index is -0.549. The molecule has 2 rings (SSSR count). The maximum Gasteiger partial charge on any atom is 0.262 e. The number of aromatic amines is 1. The van der Waals surface area contributed by atoms with E-state index < -0.39 is 5.60 Å². The molecule has 7 nitrogen and oxygen atoms in total. The zero-order valence-corrected chi connectivity index (χ0v) is 11.8. The van der Waals surface area contributed by atoms with E-state index in [1.807, 2.05) is 26.8 Å². The van der Waals surface area contributed by atoms with Crippen LogP contribution in [0, 0.1) is 11.3 Å². The Balaban J connectivity index is 2.40. The second-order valence-electron chi connectivity index (χ2n) is 4.33. The van der Waals surface area contributed by atoms with Gasteiger partial charge in [-0.3, -0.25) is 5.10 Å². The van der Waals surface area contributed by atoms with Crippen molar-refractivity contribution in [2.75, 3.05) is 6.61 Å². The maximum absolute atomic E-state index is 8.98. The molecule has 0 unspecified atom stereocenters. The molecule has 2 heterocycles. The summed E-state index contributed by atoms with van der Waals surface area (Å²) >= 11 is 0. The predicted molar refractivity (Wildman–Crippen MR) is 70.5 cm³/mol. The van der Waals surface area contributed by atoms with Crippen molar-refractivity contribution in [3.63, 3.8) is 0 Å². The van der Waals surface area contributed by atoms with E-state index >= 15 is 0 Å². The van der Waals surface area contributed by atoms with Crippen molar-refractivity contribution in [2.24, 2.45) is 0 Å². The summed E-state index contributed by atoms with van der Waals surface area (Å²) in [6.07, 6.45) is 2.98. The van der Waals surface area contributed by atoms with Gasteiger partial charge in [-0.25, -0.2) is 0 Å². The molecule has 0 fully saturated rings. The number of nitrogens with one attached hydrogen (secondary N) is 1. The Kier molecular flexibility index (Phi) is 4.15. The van der Waals surface area contributed by atoms with Gasteiger partial charge in [0.1, 0.15) is 17.4 Å². The summed E-state index contributed by atoms with van der Waals surface area (Å²) in [5.41, 5.74) is 0.256. The lowest BCUT2D eigenvalue weighted by molar-refractivity contribution is -0.0583. The molecule has 0 radical (unpaired) electrons. The monoisotopic (exact) mass is 275 g/mol. The average Bonchev–Trinajstić information content (AvgIpc) is 3.12. The number of nitriles is 1. The number of rotatable bonds is 6. The molecular weight excluding hydrogens is 258 g/mol. The number of ether oxygens (including phenoxy) is 1. The highest BCUT2D eigenvalue weighted by molar-refractivity contribution is 5.59. The second kappa shape index (κ2) is 5.84. The zero-order valence-electron chi connectivity index (χ0n) is 11.8. The number of hydrogen-bond donors (Lipinski definition) is 1. The van der Waals surface area contributed by atoms with Crippen LogP contribution in [-0.2, 0) is 10.3 Å². The molecule has 106 valence electrons. The third-order valence-electron chi connectivity index (χ3n) is 3.38. The predicted octanol–water partition coefficient (Wildman–Crippen LogP) is 2.38. The summed E-state index contributed by atoms with van der Waals surface area (Å²) in [6, 6.07) is 2.00. The van der Waals surface area contributed by atoms with Crippen LogP contribution < -0.4 is 0 Å². The highest BCUT2D eigenvalue weighted by Gasteiger charge is 2.35. The lowest BCUT2D eigenvalue weighted by Gasteiger charge is -2.27. The number of hydrogen-bond acceptors (Lipinski definition) is 6. The van der Waals surface area contributed by atoms with E-state index in [4.69, 9.17) is 14.5 Å². The third kappa shape index (κ3) is 2.30. The first-order chi connectivity index (χ1) is 9.70. The molecule has 0 aliphatic carbocycles. The first-order valence-electron chi connectivity index (χ1n) is 6.62. The maximum atomic E-state index is 8.98. The van der Waals surface area contributed by atoms with Crippen LogP contribution in [0.3, 0.4) is 0 Å². The van der Waals surface area contributed by atoms with E-state index in [9.17, 15) is 0 Å². The summed E-state index contributed by atoms with van der Waals surface area (Å²) in [7, 11) is 0. The van der Waals surface area contributed by atoms with Crippen molar-refractivity contribution < 1.29 is 9.26 Å². The molecule has 0 bridgehead atoms. The fourth-order valence-corrected chi connectivity index (χ4v) is 2.16. The Hall–Kier alpha value is -2.20. The van der Waals surface area contributed by atoms with Crippen molar-refractivity contribution in [2.45, 2.75) is 39.2 Å². The highest BCUT2D eigenvalue weighted by atomic mass is 16.5. The van der Waals surface area contributed by atoms with Crippen LogP contribution in [0.2, 0.25) is 0 Å². The molecule has 1 N–H and O–H groups in total. The van der Waals surface area contributed by atoms with Gasteiger partial charge >= 0.3 is 0 Å². The Bertz CT molecular complexity index is 606. The molecule has 0 aromatic carbocycles. The SMILES string of the molecule is CCOC(CC)(CC)c1noc(-c2cn[nH]c2C#N)n1. The van der Waals surface area contributed by atoms with Crippen LogP contribution in [0.15, 0.2) is 10.7 Å². The van der Waals surface area contributed by atoms with Gasteiger partial charge in [0.25, 0.3) is 5.89 Å². The Morgan fingerprint density at radius 1 is 1.40 bits per heavy atom. The molecule has 7 heteroatoms. The molecule has 20 heavy (non-hydrogen) atoms. The van der Waals surface area contributed by atoms with E-state index in [0.717, 1.165) is 12.8 Å². The van der Waals surface area contributed by atoms with Crippen LogP contribution in [0.25, 0.3) is 11.5 Å². The van der Waals surface area contributed by atoms with Gasteiger partial charge in [-0.15, -0.1) is 0 Å². The minimum Gasteiger partial charge on any atom is -0.367 e. The van der Waals surface area contributed by atoms with Crippen molar-refractivity contribution >= 4 is 0 Å². The number of nitrogens with zero attached hydrogens (tertiary/aromatic N) is 4. The fourth-order valence-electron chi connectivity index (χ4n) is 2.16. The van der Waals surface area contributed by atoms with Gasteiger partial charge < -0.3 is 9.26 Å². The van der Waals surface area contributed by atoms with Gasteiger partial charge in [-0.1, -0.05) is 19.0 Å².